The fourth-order valence-corrected chi connectivity index (χ4v) is 7.85. The van der Waals surface area contributed by atoms with Crippen LogP contribution < -0.4 is 4.90 Å². The van der Waals surface area contributed by atoms with Gasteiger partial charge < -0.3 is 4.90 Å². The molecule has 0 N–H and O–H groups in total. The van der Waals surface area contributed by atoms with Crippen LogP contribution in [0.2, 0.25) is 10.0 Å². The van der Waals surface area contributed by atoms with E-state index in [4.69, 9.17) is 23.2 Å². The van der Waals surface area contributed by atoms with Gasteiger partial charge in [-0.1, -0.05) is 54.9 Å². The Labute approximate surface area is 168 Å². The van der Waals surface area contributed by atoms with E-state index in [9.17, 15) is 13.2 Å². The number of nitrogens with zero attached hydrogens (tertiary/aromatic N) is 2. The summed E-state index contributed by atoms with van der Waals surface area (Å²) in [6.07, 6.45) is 1.43. The summed E-state index contributed by atoms with van der Waals surface area (Å²) in [5.41, 5.74) is 0.518. The first-order chi connectivity index (χ1) is 12.3. The minimum atomic E-state index is -3.14. The fraction of sp³-hybridized carbons (Fsp3) is 0.529. The molecule has 0 saturated carbocycles. The summed E-state index contributed by atoms with van der Waals surface area (Å²) in [7, 11) is -3.14. The van der Waals surface area contributed by atoms with E-state index in [1.807, 2.05) is 13.8 Å². The maximum Gasteiger partial charge on any atom is 0.251 e. The molecule has 2 fully saturated rings. The van der Waals surface area contributed by atoms with Gasteiger partial charge in [0.1, 0.15) is 0 Å². The average Bonchev–Trinajstić information content (AvgIpc) is 3.01. The van der Waals surface area contributed by atoms with Gasteiger partial charge in [0, 0.05) is 11.2 Å². The molecule has 2 aliphatic heterocycles. The largest absolute Gasteiger partial charge is 0.313 e. The third kappa shape index (κ3) is 3.77. The molecular weight excluding hydrogens is 415 g/mol. The van der Waals surface area contributed by atoms with Crippen LogP contribution in [0.4, 0.5) is 5.69 Å². The van der Waals surface area contributed by atoms with E-state index < -0.39 is 9.84 Å². The molecule has 0 aromatic heterocycles. The first-order valence-electron chi connectivity index (χ1n) is 8.50. The van der Waals surface area contributed by atoms with Crippen molar-refractivity contribution in [3.8, 4) is 0 Å². The maximum atomic E-state index is 12.5. The number of aliphatic imine (C=N–C) groups is 1. The van der Waals surface area contributed by atoms with Crippen LogP contribution in [0.15, 0.2) is 23.2 Å². The average molecular weight is 435 g/mol. The van der Waals surface area contributed by atoms with Gasteiger partial charge in [-0.05, 0) is 25.0 Å². The van der Waals surface area contributed by atoms with E-state index in [1.54, 1.807) is 23.1 Å². The molecular formula is C17H20Cl2N2O3S2. The molecule has 1 aromatic carbocycles. The van der Waals surface area contributed by atoms with E-state index in [1.165, 1.54) is 11.8 Å². The molecule has 0 spiro atoms. The second kappa shape index (κ2) is 7.70. The zero-order valence-electron chi connectivity index (χ0n) is 14.5. The van der Waals surface area contributed by atoms with Crippen LogP contribution in [0, 0.1) is 5.92 Å². The highest BCUT2D eigenvalue weighted by atomic mass is 35.5. The lowest BCUT2D eigenvalue weighted by Gasteiger charge is -2.26. The number of benzene rings is 1. The maximum absolute atomic E-state index is 12.5. The number of hydrogen-bond donors (Lipinski definition) is 0. The zero-order valence-corrected chi connectivity index (χ0v) is 17.6. The van der Waals surface area contributed by atoms with Crippen molar-refractivity contribution in [1.29, 1.82) is 0 Å². The molecule has 0 bridgehead atoms. The number of thioether (sulfide) groups is 1. The lowest BCUT2D eigenvalue weighted by atomic mass is 10.0. The van der Waals surface area contributed by atoms with E-state index in [-0.39, 0.29) is 34.6 Å². The van der Waals surface area contributed by atoms with Gasteiger partial charge >= 0.3 is 0 Å². The van der Waals surface area contributed by atoms with Crippen LogP contribution >= 0.6 is 35.0 Å². The Bertz CT molecular complexity index is 833. The number of carbonyl (C=O) groups is 1. The third-order valence-electron chi connectivity index (χ3n) is 4.79. The van der Waals surface area contributed by atoms with Crippen molar-refractivity contribution in [2.45, 2.75) is 38.0 Å². The summed E-state index contributed by atoms with van der Waals surface area (Å²) in [4.78, 5) is 18.6. The summed E-state index contributed by atoms with van der Waals surface area (Å²) >= 11 is 14.1. The minimum absolute atomic E-state index is 0.00438. The van der Waals surface area contributed by atoms with Crippen molar-refractivity contribution in [2.24, 2.45) is 10.9 Å². The zero-order chi connectivity index (χ0) is 19.1. The van der Waals surface area contributed by atoms with Gasteiger partial charge in [-0.15, -0.1) is 0 Å². The number of amidine groups is 1. The summed E-state index contributed by atoms with van der Waals surface area (Å²) in [6.45, 7) is 3.91. The monoisotopic (exact) mass is 434 g/mol. The van der Waals surface area contributed by atoms with Gasteiger partial charge in [0.15, 0.2) is 15.0 Å². The quantitative estimate of drug-likeness (QED) is 0.715. The highest BCUT2D eigenvalue weighted by Crippen LogP contribution is 2.45. The van der Waals surface area contributed by atoms with Crippen LogP contribution in [-0.2, 0) is 14.6 Å². The van der Waals surface area contributed by atoms with Crippen molar-refractivity contribution < 1.29 is 13.2 Å². The molecule has 3 rings (SSSR count). The molecule has 5 nitrogen and oxygen atoms in total. The number of rotatable bonds is 4. The normalized spacial score (nSPS) is 25.9. The van der Waals surface area contributed by atoms with Crippen molar-refractivity contribution >= 4 is 61.6 Å². The predicted octanol–water partition coefficient (Wildman–Crippen LogP) is 4.03. The molecule has 0 aliphatic carbocycles. The Morgan fingerprint density at radius 2 is 1.88 bits per heavy atom. The first kappa shape index (κ1) is 20.0. The molecule has 1 aromatic rings. The number of para-hydroxylation sites is 1. The molecule has 26 heavy (non-hydrogen) atoms. The van der Waals surface area contributed by atoms with Crippen LogP contribution in [0.1, 0.15) is 26.7 Å². The van der Waals surface area contributed by atoms with Crippen molar-refractivity contribution in [2.75, 3.05) is 16.4 Å². The predicted molar refractivity (Wildman–Crippen MR) is 109 cm³/mol. The Balaban J connectivity index is 2.06. The number of hydrogen-bond acceptors (Lipinski definition) is 4. The number of amides is 1. The van der Waals surface area contributed by atoms with Gasteiger partial charge in [0.05, 0.1) is 33.3 Å². The van der Waals surface area contributed by atoms with Crippen molar-refractivity contribution in [3.63, 3.8) is 0 Å². The van der Waals surface area contributed by atoms with Crippen LogP contribution in [-0.4, -0.2) is 42.3 Å². The Kier molecular flexibility index (Phi) is 5.92. The molecule has 142 valence electrons. The summed E-state index contributed by atoms with van der Waals surface area (Å²) < 4.78 is 24.2. The van der Waals surface area contributed by atoms with Gasteiger partial charge in [0.25, 0.3) is 5.91 Å². The number of anilines is 1. The smallest absolute Gasteiger partial charge is 0.251 e. The summed E-state index contributed by atoms with van der Waals surface area (Å²) in [5.74, 6) is -0.256. The van der Waals surface area contributed by atoms with Gasteiger partial charge in [-0.2, -0.15) is 4.99 Å². The van der Waals surface area contributed by atoms with Gasteiger partial charge in [0.2, 0.25) is 0 Å². The van der Waals surface area contributed by atoms with Gasteiger partial charge in [-0.25, -0.2) is 8.42 Å². The Morgan fingerprint density at radius 1 is 1.27 bits per heavy atom. The Morgan fingerprint density at radius 3 is 2.46 bits per heavy atom. The molecule has 2 atom stereocenters. The molecule has 0 unspecified atom stereocenters. The highest BCUT2D eigenvalue weighted by Gasteiger charge is 2.50. The third-order valence-corrected chi connectivity index (χ3v) is 8.61. The minimum Gasteiger partial charge on any atom is -0.313 e. The van der Waals surface area contributed by atoms with Crippen LogP contribution in [0.3, 0.4) is 0 Å². The first-order valence-corrected chi connectivity index (χ1v) is 12.0. The van der Waals surface area contributed by atoms with Gasteiger partial charge in [-0.3, -0.25) is 4.79 Å². The molecule has 9 heteroatoms. The Hall–Kier alpha value is -0.760. The highest BCUT2D eigenvalue weighted by molar-refractivity contribution is 8.16. The van der Waals surface area contributed by atoms with E-state index in [0.29, 0.717) is 33.7 Å². The second-order valence-corrected chi connectivity index (χ2v) is 10.7. The lowest BCUT2D eigenvalue weighted by molar-refractivity contribution is -0.121. The molecule has 1 amide bonds. The molecule has 0 radical (unpaired) electrons. The summed E-state index contributed by atoms with van der Waals surface area (Å²) in [5, 5.41) is 1.12. The fourth-order valence-electron chi connectivity index (χ4n) is 3.37. The number of fused-ring (bicyclic) bond motifs is 1. The number of carbonyl (C=O) groups excluding carboxylic acids is 1. The topological polar surface area (TPSA) is 66.8 Å². The van der Waals surface area contributed by atoms with Crippen LogP contribution in [0.25, 0.3) is 0 Å². The molecule has 2 saturated heterocycles. The lowest BCUT2D eigenvalue weighted by Crippen LogP contribution is -2.38. The van der Waals surface area contributed by atoms with Crippen molar-refractivity contribution in [3.05, 3.63) is 28.2 Å². The number of halogens is 2. The standard InChI is InChI=1S/C17H20Cl2N2O3S2/c1-3-10(4-2)16(22)20-17-21(15-11(18)6-5-7-12(15)19)13-8-26(23,24)9-14(13)25-17/h5-7,10,13-14H,3-4,8-9H2,1-2H3/t13-,14+/m0/s1. The van der Waals surface area contributed by atoms with Crippen LogP contribution in [0.5, 0.6) is 0 Å². The molecule has 2 aliphatic rings. The summed E-state index contributed by atoms with van der Waals surface area (Å²) in [6, 6.07) is 4.80. The van der Waals surface area contributed by atoms with Crippen molar-refractivity contribution in [1.82, 2.24) is 0 Å². The van der Waals surface area contributed by atoms with E-state index in [0.717, 1.165) is 0 Å². The second-order valence-electron chi connectivity index (χ2n) is 6.49. The SMILES string of the molecule is CCC(CC)C(=O)N=C1S[C@@H]2CS(=O)(=O)C[C@@H]2N1c1c(Cl)cccc1Cl. The van der Waals surface area contributed by atoms with E-state index >= 15 is 0 Å². The number of sulfone groups is 1. The van der Waals surface area contributed by atoms with E-state index in [2.05, 4.69) is 4.99 Å². The molecule has 2 heterocycles.